The first-order valence-corrected chi connectivity index (χ1v) is 8.06. The summed E-state index contributed by atoms with van der Waals surface area (Å²) in [5.41, 5.74) is 13.8. The summed E-state index contributed by atoms with van der Waals surface area (Å²) in [6.45, 7) is 4.50. The van der Waals surface area contributed by atoms with E-state index >= 15 is 0 Å². The number of rotatable bonds is 5. The van der Waals surface area contributed by atoms with E-state index in [0.29, 0.717) is 17.8 Å². The van der Waals surface area contributed by atoms with E-state index in [1.807, 2.05) is 48.9 Å². The number of benzene rings is 1. The first kappa shape index (κ1) is 17.2. The standard InChI is InChI=1S/C18H19N7O/c1-11(2)26-15-4-3-12(7-13(15)9-25-6-5-22-10-25)16-14(8-19)17(20)24-18(21)23-16/h3-7,10-11H,9H2,1-2H3,(H4,20,21,23,24). The molecule has 2 aromatic heterocycles. The molecule has 0 aliphatic carbocycles. The molecule has 0 aliphatic heterocycles. The van der Waals surface area contributed by atoms with E-state index in [1.54, 1.807) is 12.5 Å². The molecule has 4 N–H and O–H groups in total. The Kier molecular flexibility index (Phi) is 4.71. The smallest absolute Gasteiger partial charge is 0.222 e. The third kappa shape index (κ3) is 3.57. The number of nitrogens with two attached hydrogens (primary N) is 2. The zero-order chi connectivity index (χ0) is 18.7. The zero-order valence-electron chi connectivity index (χ0n) is 14.5. The summed E-state index contributed by atoms with van der Waals surface area (Å²) in [7, 11) is 0. The van der Waals surface area contributed by atoms with Crippen molar-refractivity contribution in [2.45, 2.75) is 26.5 Å². The van der Waals surface area contributed by atoms with Gasteiger partial charge >= 0.3 is 0 Å². The fourth-order valence-corrected chi connectivity index (χ4v) is 2.61. The van der Waals surface area contributed by atoms with Crippen molar-refractivity contribution in [1.82, 2.24) is 19.5 Å². The summed E-state index contributed by atoms with van der Waals surface area (Å²) in [4.78, 5) is 12.1. The van der Waals surface area contributed by atoms with Crippen LogP contribution in [0.2, 0.25) is 0 Å². The molecule has 0 fully saturated rings. The van der Waals surface area contributed by atoms with Crippen molar-refractivity contribution in [1.29, 1.82) is 5.26 Å². The third-order valence-corrected chi connectivity index (χ3v) is 3.67. The number of ether oxygens (including phenoxy) is 1. The first-order chi connectivity index (χ1) is 12.5. The molecule has 0 spiro atoms. The van der Waals surface area contributed by atoms with Gasteiger partial charge in [-0.05, 0) is 32.0 Å². The predicted molar refractivity (Wildman–Crippen MR) is 98.1 cm³/mol. The molecule has 26 heavy (non-hydrogen) atoms. The van der Waals surface area contributed by atoms with Gasteiger partial charge in [-0.1, -0.05) is 0 Å². The Morgan fingerprint density at radius 1 is 1.27 bits per heavy atom. The van der Waals surface area contributed by atoms with Crippen molar-refractivity contribution >= 4 is 11.8 Å². The predicted octanol–water partition coefficient (Wildman–Crippen LogP) is 2.21. The summed E-state index contributed by atoms with van der Waals surface area (Å²) in [6, 6.07) is 7.65. The summed E-state index contributed by atoms with van der Waals surface area (Å²) in [5.74, 6) is 0.842. The minimum absolute atomic E-state index is 0.0233. The van der Waals surface area contributed by atoms with Crippen molar-refractivity contribution in [2.24, 2.45) is 0 Å². The lowest BCUT2D eigenvalue weighted by atomic mass is 10.0. The van der Waals surface area contributed by atoms with Gasteiger partial charge in [0.2, 0.25) is 5.95 Å². The largest absolute Gasteiger partial charge is 0.491 e. The SMILES string of the molecule is CC(C)Oc1ccc(-c2nc(N)nc(N)c2C#N)cc1Cn1ccnc1. The number of nitriles is 1. The van der Waals surface area contributed by atoms with Crippen LogP contribution in [0.4, 0.5) is 11.8 Å². The quantitative estimate of drug-likeness (QED) is 0.722. The van der Waals surface area contributed by atoms with Crippen LogP contribution in [-0.4, -0.2) is 25.6 Å². The number of nitrogens with zero attached hydrogens (tertiary/aromatic N) is 5. The average molecular weight is 349 g/mol. The van der Waals surface area contributed by atoms with E-state index in [0.717, 1.165) is 11.3 Å². The maximum absolute atomic E-state index is 9.41. The van der Waals surface area contributed by atoms with Crippen molar-refractivity contribution in [2.75, 3.05) is 11.5 Å². The van der Waals surface area contributed by atoms with Crippen LogP contribution in [0.1, 0.15) is 25.0 Å². The number of imidazole rings is 1. The van der Waals surface area contributed by atoms with Gasteiger partial charge in [-0.3, -0.25) is 0 Å². The van der Waals surface area contributed by atoms with E-state index in [-0.39, 0.29) is 23.4 Å². The van der Waals surface area contributed by atoms with Gasteiger partial charge < -0.3 is 20.8 Å². The lowest BCUT2D eigenvalue weighted by molar-refractivity contribution is 0.239. The third-order valence-electron chi connectivity index (χ3n) is 3.67. The molecule has 8 nitrogen and oxygen atoms in total. The molecule has 3 rings (SSSR count). The Morgan fingerprint density at radius 3 is 2.73 bits per heavy atom. The molecule has 3 aromatic rings. The summed E-state index contributed by atoms with van der Waals surface area (Å²) in [5, 5.41) is 9.41. The van der Waals surface area contributed by atoms with Crippen LogP contribution in [0.15, 0.2) is 36.9 Å². The molecule has 8 heteroatoms. The second-order valence-electron chi connectivity index (χ2n) is 6.03. The topological polar surface area (TPSA) is 129 Å². The van der Waals surface area contributed by atoms with E-state index in [4.69, 9.17) is 16.2 Å². The minimum atomic E-state index is 0.0233. The van der Waals surface area contributed by atoms with E-state index in [1.165, 1.54) is 0 Å². The van der Waals surface area contributed by atoms with Crippen molar-refractivity contribution in [3.05, 3.63) is 48.0 Å². The Hall–Kier alpha value is -3.60. The molecule has 0 atom stereocenters. The lowest BCUT2D eigenvalue weighted by Crippen LogP contribution is -2.09. The highest BCUT2D eigenvalue weighted by atomic mass is 16.5. The summed E-state index contributed by atoms with van der Waals surface area (Å²) >= 11 is 0. The highest BCUT2D eigenvalue weighted by Gasteiger charge is 2.16. The maximum Gasteiger partial charge on any atom is 0.222 e. The molecule has 0 saturated heterocycles. The van der Waals surface area contributed by atoms with Crippen molar-refractivity contribution in [3.63, 3.8) is 0 Å². The van der Waals surface area contributed by atoms with Gasteiger partial charge in [-0.2, -0.15) is 10.2 Å². The summed E-state index contributed by atoms with van der Waals surface area (Å²) < 4.78 is 7.84. The van der Waals surface area contributed by atoms with Gasteiger partial charge in [-0.25, -0.2) is 9.97 Å². The summed E-state index contributed by atoms with van der Waals surface area (Å²) in [6.07, 6.45) is 5.34. The van der Waals surface area contributed by atoms with Crippen LogP contribution in [0, 0.1) is 11.3 Å². The molecular formula is C18H19N7O. The molecular weight excluding hydrogens is 330 g/mol. The average Bonchev–Trinajstić information content (AvgIpc) is 3.08. The molecule has 0 unspecified atom stereocenters. The van der Waals surface area contributed by atoms with Crippen LogP contribution in [-0.2, 0) is 6.54 Å². The van der Waals surface area contributed by atoms with E-state index < -0.39 is 0 Å². The zero-order valence-corrected chi connectivity index (χ0v) is 14.5. The van der Waals surface area contributed by atoms with Gasteiger partial charge in [-0.15, -0.1) is 0 Å². The Balaban J connectivity index is 2.11. The number of aromatic nitrogens is 4. The Bertz CT molecular complexity index is 958. The molecule has 0 bridgehead atoms. The van der Waals surface area contributed by atoms with Gasteiger partial charge in [0.05, 0.1) is 24.7 Å². The number of anilines is 2. The Labute approximate surface area is 151 Å². The number of nitrogen functional groups attached to an aromatic ring is 2. The van der Waals surface area contributed by atoms with Crippen LogP contribution >= 0.6 is 0 Å². The molecule has 0 saturated carbocycles. The van der Waals surface area contributed by atoms with Crippen LogP contribution < -0.4 is 16.2 Å². The minimum Gasteiger partial charge on any atom is -0.491 e. The van der Waals surface area contributed by atoms with E-state index in [9.17, 15) is 5.26 Å². The first-order valence-electron chi connectivity index (χ1n) is 8.06. The van der Waals surface area contributed by atoms with Crippen LogP contribution in [0.25, 0.3) is 11.3 Å². The van der Waals surface area contributed by atoms with Crippen LogP contribution in [0.3, 0.4) is 0 Å². The molecule has 1 aromatic carbocycles. The molecule has 2 heterocycles. The van der Waals surface area contributed by atoms with Gasteiger partial charge in [0, 0.05) is 23.5 Å². The van der Waals surface area contributed by atoms with Crippen molar-refractivity contribution in [3.8, 4) is 23.1 Å². The molecule has 132 valence electrons. The second-order valence-corrected chi connectivity index (χ2v) is 6.03. The number of hydrogen-bond acceptors (Lipinski definition) is 7. The lowest BCUT2D eigenvalue weighted by Gasteiger charge is -2.16. The van der Waals surface area contributed by atoms with Crippen LogP contribution in [0.5, 0.6) is 5.75 Å². The highest BCUT2D eigenvalue weighted by Crippen LogP contribution is 2.30. The van der Waals surface area contributed by atoms with Crippen molar-refractivity contribution < 1.29 is 4.74 Å². The second kappa shape index (κ2) is 7.11. The molecule has 0 aliphatic rings. The van der Waals surface area contributed by atoms with Gasteiger partial charge in [0.15, 0.2) is 0 Å². The maximum atomic E-state index is 9.41. The molecule has 0 radical (unpaired) electrons. The fourth-order valence-electron chi connectivity index (χ4n) is 2.61. The van der Waals surface area contributed by atoms with Gasteiger partial charge in [0.25, 0.3) is 0 Å². The highest BCUT2D eigenvalue weighted by molar-refractivity contribution is 5.74. The monoisotopic (exact) mass is 349 g/mol. The van der Waals surface area contributed by atoms with E-state index in [2.05, 4.69) is 15.0 Å². The normalized spacial score (nSPS) is 10.7. The Morgan fingerprint density at radius 2 is 2.08 bits per heavy atom. The fraction of sp³-hybridized carbons (Fsp3) is 0.222. The molecule has 0 amide bonds. The number of hydrogen-bond donors (Lipinski definition) is 2. The van der Waals surface area contributed by atoms with Gasteiger partial charge in [0.1, 0.15) is 23.2 Å².